The van der Waals surface area contributed by atoms with Crippen molar-refractivity contribution in [2.75, 3.05) is 13.1 Å². The van der Waals surface area contributed by atoms with Gasteiger partial charge in [0.2, 0.25) is 11.8 Å². The molecule has 2 rings (SSSR count). The Kier molecular flexibility index (Phi) is 4.72. The van der Waals surface area contributed by atoms with Gasteiger partial charge < -0.3 is 11.1 Å². The van der Waals surface area contributed by atoms with Crippen molar-refractivity contribution in [3.05, 3.63) is 0 Å². The number of hydrogen-bond donors (Lipinski definition) is 2. The second kappa shape index (κ2) is 6.29. The standard InChI is InChI=1S/C13H23N3O2/c14-7-8-15-11-9-12(17)16(13(11)18)10-5-3-1-2-4-6-10/h10-11,15H,1-9,14H2. The van der Waals surface area contributed by atoms with Gasteiger partial charge in [-0.2, -0.15) is 0 Å². The predicted molar refractivity (Wildman–Crippen MR) is 68.8 cm³/mol. The average molecular weight is 253 g/mol. The van der Waals surface area contributed by atoms with Crippen LogP contribution in [0.3, 0.4) is 0 Å². The molecule has 0 bridgehead atoms. The quantitative estimate of drug-likeness (QED) is 0.561. The maximum atomic E-state index is 12.2. The highest BCUT2D eigenvalue weighted by Crippen LogP contribution is 2.26. The topological polar surface area (TPSA) is 75.4 Å². The highest BCUT2D eigenvalue weighted by molar-refractivity contribution is 6.05. The monoisotopic (exact) mass is 253 g/mol. The van der Waals surface area contributed by atoms with E-state index in [1.54, 1.807) is 0 Å². The minimum atomic E-state index is -0.343. The van der Waals surface area contributed by atoms with Crippen molar-refractivity contribution in [1.82, 2.24) is 10.2 Å². The van der Waals surface area contributed by atoms with Crippen LogP contribution in [0, 0.1) is 0 Å². The van der Waals surface area contributed by atoms with Crippen LogP contribution in [-0.2, 0) is 9.59 Å². The van der Waals surface area contributed by atoms with E-state index >= 15 is 0 Å². The Bertz CT molecular complexity index is 311. The van der Waals surface area contributed by atoms with Crippen LogP contribution in [0.25, 0.3) is 0 Å². The molecule has 1 aliphatic heterocycles. The molecule has 18 heavy (non-hydrogen) atoms. The molecule has 1 unspecified atom stereocenters. The first-order valence-electron chi connectivity index (χ1n) is 7.03. The van der Waals surface area contributed by atoms with Gasteiger partial charge in [0.05, 0.1) is 12.5 Å². The molecule has 1 saturated heterocycles. The summed E-state index contributed by atoms with van der Waals surface area (Å²) in [7, 11) is 0. The van der Waals surface area contributed by atoms with Crippen LogP contribution < -0.4 is 11.1 Å². The molecule has 3 N–H and O–H groups in total. The molecule has 1 saturated carbocycles. The van der Waals surface area contributed by atoms with Crippen LogP contribution in [0.5, 0.6) is 0 Å². The number of carbonyl (C=O) groups excluding carboxylic acids is 2. The first-order chi connectivity index (χ1) is 8.74. The van der Waals surface area contributed by atoms with E-state index in [1.807, 2.05) is 0 Å². The molecule has 5 nitrogen and oxygen atoms in total. The highest BCUT2D eigenvalue weighted by atomic mass is 16.2. The molecular formula is C13H23N3O2. The third-order valence-corrected chi connectivity index (χ3v) is 3.91. The molecule has 1 heterocycles. The van der Waals surface area contributed by atoms with E-state index in [0.29, 0.717) is 19.5 Å². The largest absolute Gasteiger partial charge is 0.329 e. The van der Waals surface area contributed by atoms with Crippen molar-refractivity contribution in [2.45, 2.75) is 57.0 Å². The number of carbonyl (C=O) groups is 2. The third-order valence-electron chi connectivity index (χ3n) is 3.91. The van der Waals surface area contributed by atoms with Crippen molar-refractivity contribution >= 4 is 11.8 Å². The third kappa shape index (κ3) is 2.90. The molecule has 0 radical (unpaired) electrons. The van der Waals surface area contributed by atoms with E-state index in [0.717, 1.165) is 25.7 Å². The normalized spacial score (nSPS) is 26.7. The lowest BCUT2D eigenvalue weighted by Crippen LogP contribution is -2.44. The Balaban J connectivity index is 1.99. The molecule has 2 aliphatic rings. The van der Waals surface area contributed by atoms with Gasteiger partial charge in [0.15, 0.2) is 0 Å². The van der Waals surface area contributed by atoms with Gasteiger partial charge in [-0.05, 0) is 12.8 Å². The van der Waals surface area contributed by atoms with E-state index in [1.165, 1.54) is 17.7 Å². The second-order valence-electron chi connectivity index (χ2n) is 5.25. The summed E-state index contributed by atoms with van der Waals surface area (Å²) in [6, 6.07) is -0.207. The fourth-order valence-corrected chi connectivity index (χ4v) is 2.97. The van der Waals surface area contributed by atoms with Gasteiger partial charge >= 0.3 is 0 Å². The van der Waals surface area contributed by atoms with Crippen molar-refractivity contribution < 1.29 is 9.59 Å². The Morgan fingerprint density at radius 3 is 2.44 bits per heavy atom. The molecule has 0 aromatic carbocycles. The number of hydrogen-bond acceptors (Lipinski definition) is 4. The van der Waals surface area contributed by atoms with E-state index in [2.05, 4.69) is 5.32 Å². The number of likely N-dealkylation sites (tertiary alicyclic amines) is 1. The van der Waals surface area contributed by atoms with Gasteiger partial charge in [0.1, 0.15) is 0 Å². The second-order valence-corrected chi connectivity index (χ2v) is 5.25. The van der Waals surface area contributed by atoms with Gasteiger partial charge in [-0.15, -0.1) is 0 Å². The first-order valence-corrected chi connectivity index (χ1v) is 7.03. The summed E-state index contributed by atoms with van der Waals surface area (Å²) in [6.07, 6.45) is 6.95. The molecular weight excluding hydrogens is 230 g/mol. The molecule has 2 fully saturated rings. The fourth-order valence-electron chi connectivity index (χ4n) is 2.97. The first kappa shape index (κ1) is 13.5. The van der Waals surface area contributed by atoms with Crippen LogP contribution >= 0.6 is 0 Å². The lowest BCUT2D eigenvalue weighted by atomic mass is 10.1. The molecule has 0 aromatic rings. The maximum absolute atomic E-state index is 12.2. The molecule has 2 amide bonds. The SMILES string of the molecule is NCCNC1CC(=O)N(C2CCCCCC2)C1=O. The van der Waals surface area contributed by atoms with Gasteiger partial charge in [-0.25, -0.2) is 0 Å². The average Bonchev–Trinajstić information content (AvgIpc) is 2.58. The van der Waals surface area contributed by atoms with Crippen molar-refractivity contribution in [2.24, 2.45) is 5.73 Å². The Labute approximate surface area is 108 Å². The number of amides is 2. The summed E-state index contributed by atoms with van der Waals surface area (Å²) in [6.45, 7) is 1.07. The van der Waals surface area contributed by atoms with E-state index in [4.69, 9.17) is 5.73 Å². The minimum absolute atomic E-state index is 0.0126. The van der Waals surface area contributed by atoms with Crippen molar-refractivity contribution in [1.29, 1.82) is 0 Å². The van der Waals surface area contributed by atoms with Gasteiger partial charge in [-0.1, -0.05) is 25.7 Å². The van der Waals surface area contributed by atoms with Crippen LogP contribution in [0.1, 0.15) is 44.9 Å². The maximum Gasteiger partial charge on any atom is 0.247 e. The number of imide groups is 1. The zero-order valence-corrected chi connectivity index (χ0v) is 10.9. The Morgan fingerprint density at radius 2 is 1.83 bits per heavy atom. The summed E-state index contributed by atoms with van der Waals surface area (Å²) in [5, 5.41) is 3.06. The summed E-state index contributed by atoms with van der Waals surface area (Å²) < 4.78 is 0. The Morgan fingerprint density at radius 1 is 1.17 bits per heavy atom. The number of nitrogens with one attached hydrogen (secondary N) is 1. The molecule has 0 spiro atoms. The van der Waals surface area contributed by atoms with Crippen LogP contribution in [0.15, 0.2) is 0 Å². The highest BCUT2D eigenvalue weighted by Gasteiger charge is 2.41. The molecule has 0 aromatic heterocycles. The summed E-state index contributed by atoms with van der Waals surface area (Å²) in [4.78, 5) is 25.8. The lowest BCUT2D eigenvalue weighted by Gasteiger charge is -2.25. The van der Waals surface area contributed by atoms with E-state index < -0.39 is 0 Å². The summed E-state index contributed by atoms with van der Waals surface area (Å²) >= 11 is 0. The van der Waals surface area contributed by atoms with Gasteiger partial charge in [-0.3, -0.25) is 14.5 Å². The molecule has 5 heteroatoms. The minimum Gasteiger partial charge on any atom is -0.329 e. The summed E-state index contributed by atoms with van der Waals surface area (Å²) in [5.74, 6) is -0.0539. The van der Waals surface area contributed by atoms with Crippen LogP contribution in [0.4, 0.5) is 0 Å². The molecule has 102 valence electrons. The van der Waals surface area contributed by atoms with Crippen LogP contribution in [-0.4, -0.2) is 41.9 Å². The number of nitrogens with zero attached hydrogens (tertiary/aromatic N) is 1. The lowest BCUT2D eigenvalue weighted by molar-refractivity contribution is -0.141. The van der Waals surface area contributed by atoms with Crippen LogP contribution in [0.2, 0.25) is 0 Å². The van der Waals surface area contributed by atoms with E-state index in [9.17, 15) is 9.59 Å². The number of rotatable bonds is 4. The zero-order valence-electron chi connectivity index (χ0n) is 10.9. The molecule has 1 aliphatic carbocycles. The van der Waals surface area contributed by atoms with Gasteiger partial charge in [0, 0.05) is 19.1 Å². The van der Waals surface area contributed by atoms with Crippen molar-refractivity contribution in [3.8, 4) is 0 Å². The smallest absolute Gasteiger partial charge is 0.247 e. The van der Waals surface area contributed by atoms with Gasteiger partial charge in [0.25, 0.3) is 0 Å². The van der Waals surface area contributed by atoms with Crippen molar-refractivity contribution in [3.63, 3.8) is 0 Å². The molecule has 1 atom stereocenters. The number of nitrogens with two attached hydrogens (primary N) is 1. The fraction of sp³-hybridized carbons (Fsp3) is 0.846. The zero-order chi connectivity index (χ0) is 13.0. The Hall–Kier alpha value is -0.940. The summed E-state index contributed by atoms with van der Waals surface area (Å²) in [5.41, 5.74) is 5.41. The van der Waals surface area contributed by atoms with E-state index in [-0.39, 0.29) is 23.9 Å². The predicted octanol–water partition coefficient (Wildman–Crippen LogP) is 0.385.